The number of anilines is 9. The summed E-state index contributed by atoms with van der Waals surface area (Å²) in [4.78, 5) is 42.6. The molecule has 0 aliphatic carbocycles. The van der Waals surface area contributed by atoms with E-state index in [9.17, 15) is 0 Å². The molecule has 0 atom stereocenters. The zero-order chi connectivity index (χ0) is 39.7. The third kappa shape index (κ3) is 8.65. The van der Waals surface area contributed by atoms with Gasteiger partial charge in [0.05, 0.1) is 5.69 Å². The van der Waals surface area contributed by atoms with Crippen molar-refractivity contribution in [1.82, 2.24) is 34.9 Å². The Morgan fingerprint density at radius 2 is 0.509 bits per heavy atom. The largest absolute Gasteiger partial charge is 0.279 e. The molecule has 7 aromatic heterocycles. The van der Waals surface area contributed by atoms with E-state index in [1.165, 1.54) is 0 Å². The Morgan fingerprint density at radius 3 is 0.737 bits per heavy atom. The maximum atomic E-state index is 5.52. The van der Waals surface area contributed by atoms with Gasteiger partial charge in [-0.3, -0.25) is 14.7 Å². The summed E-state index contributed by atoms with van der Waals surface area (Å²) in [5.74, 6) is 5.52. The Bertz CT molecular complexity index is 2020. The number of hydrogen-bond acceptors (Lipinski definition) is 10. The number of aromatic nitrogens is 7. The van der Waals surface area contributed by atoms with Crippen LogP contribution in [-0.2, 0) is 38.5 Å². The minimum Gasteiger partial charge on any atom is -0.279 e. The van der Waals surface area contributed by atoms with Gasteiger partial charge < -0.3 is 0 Å². The number of nitrogens with zero attached hydrogens (tertiary/aromatic N) is 10. The minimum atomic E-state index is 0.607. The molecule has 0 saturated heterocycles. The van der Waals surface area contributed by atoms with Crippen LogP contribution in [0.1, 0.15) is 75.7 Å². The van der Waals surface area contributed by atoms with Gasteiger partial charge in [0, 0.05) is 46.3 Å². The second kappa shape index (κ2) is 17.9. The molecule has 0 radical (unpaired) electrons. The summed E-state index contributed by atoms with van der Waals surface area (Å²) in [5.41, 5.74) is 6.60. The van der Waals surface area contributed by atoms with Crippen LogP contribution >= 0.6 is 0 Å². The summed E-state index contributed by atoms with van der Waals surface area (Å²) >= 11 is 0. The van der Waals surface area contributed by atoms with Crippen molar-refractivity contribution in [3.8, 4) is 0 Å². The molecular weight excluding hydrogens is 705 g/mol. The summed E-state index contributed by atoms with van der Waals surface area (Å²) in [6, 6.07) is 40.9. The predicted octanol–water partition coefficient (Wildman–Crippen LogP) is 11.2. The Morgan fingerprint density at radius 1 is 0.281 bits per heavy atom. The minimum absolute atomic E-state index is 0.607. The third-order valence-corrected chi connectivity index (χ3v) is 9.80. The topological polar surface area (TPSA) is 100.0 Å². The van der Waals surface area contributed by atoms with Crippen molar-refractivity contribution in [1.29, 1.82) is 0 Å². The zero-order valence-corrected chi connectivity index (χ0v) is 33.8. The van der Waals surface area contributed by atoms with Gasteiger partial charge >= 0.3 is 0 Å². The van der Waals surface area contributed by atoms with Crippen LogP contribution in [0.3, 0.4) is 0 Å². The van der Waals surface area contributed by atoms with Crippen LogP contribution in [0, 0.1) is 0 Å². The maximum Gasteiger partial charge on any atom is 0.144 e. The van der Waals surface area contributed by atoms with E-state index in [2.05, 4.69) is 82.8 Å². The Balaban J connectivity index is 1.59. The number of rotatable bonds is 15. The molecule has 288 valence electrons. The lowest BCUT2D eigenvalue weighted by atomic mass is 10.2. The average molecular weight is 755 g/mol. The fourth-order valence-corrected chi connectivity index (χ4v) is 6.66. The summed E-state index contributed by atoms with van der Waals surface area (Å²) in [7, 11) is 0. The normalized spacial score (nSPS) is 11.1. The molecule has 0 N–H and O–H groups in total. The van der Waals surface area contributed by atoms with Gasteiger partial charge in [-0.05, 0) is 111 Å². The summed E-state index contributed by atoms with van der Waals surface area (Å²) in [6.07, 6.45) is 4.70. The van der Waals surface area contributed by atoms with E-state index in [0.29, 0.717) is 34.9 Å². The Kier molecular flexibility index (Phi) is 12.2. The first-order chi connectivity index (χ1) is 27.9. The average Bonchev–Trinajstić information content (AvgIpc) is 3.27. The summed E-state index contributed by atoms with van der Waals surface area (Å²) in [5, 5.41) is 0. The molecule has 57 heavy (non-hydrogen) atoms. The van der Waals surface area contributed by atoms with Crippen LogP contribution in [-0.4, -0.2) is 34.9 Å². The van der Waals surface area contributed by atoms with E-state index in [1.807, 2.05) is 94.7 Å². The second-order valence-electron chi connectivity index (χ2n) is 13.6. The molecule has 0 amide bonds. The van der Waals surface area contributed by atoms with Crippen LogP contribution in [0.15, 0.2) is 121 Å². The lowest BCUT2D eigenvalue weighted by Crippen LogP contribution is -2.21. The van der Waals surface area contributed by atoms with Crippen LogP contribution < -0.4 is 14.7 Å². The van der Waals surface area contributed by atoms with E-state index in [-0.39, 0.29) is 0 Å². The zero-order valence-electron chi connectivity index (χ0n) is 33.8. The van der Waals surface area contributed by atoms with Gasteiger partial charge in [-0.1, -0.05) is 77.9 Å². The van der Waals surface area contributed by atoms with E-state index in [1.54, 1.807) is 0 Å². The quantitative estimate of drug-likeness (QED) is 0.101. The SMILES string of the molecule is CCc1cccc(N(c2cc(N(c3cccc(CC)n3)c3cccc(CC)n3)nc(N(c3cccc(CC)n3)c3cccc(CC)n3)c2)c2cccc(CC)n2)n1. The van der Waals surface area contributed by atoms with Gasteiger partial charge in [0.15, 0.2) is 0 Å². The van der Waals surface area contributed by atoms with Crippen LogP contribution in [0.5, 0.6) is 0 Å². The van der Waals surface area contributed by atoms with Crippen LogP contribution in [0.2, 0.25) is 0 Å². The standard InChI is InChI=1S/C47H50N10/c1-7-33-19-13-25-40(48-33)55(41-26-14-20-34(8-2)49-41)39-31-46(56(42-27-15-21-35(9-3)50-42)43-28-16-22-36(10-4)51-43)54-47(32-39)57(44-29-17-23-37(11-5)52-44)45-30-18-24-38(12-6)53-45/h13-32H,7-12H2,1-6H3. The molecule has 0 aromatic carbocycles. The highest BCUT2D eigenvalue weighted by Gasteiger charge is 2.26. The lowest BCUT2D eigenvalue weighted by Gasteiger charge is -2.30. The van der Waals surface area contributed by atoms with Crippen molar-refractivity contribution in [2.24, 2.45) is 0 Å². The van der Waals surface area contributed by atoms with Crippen LogP contribution in [0.25, 0.3) is 0 Å². The maximum absolute atomic E-state index is 5.52. The molecule has 0 aliphatic heterocycles. The number of aryl methyl sites for hydroxylation is 6. The van der Waals surface area contributed by atoms with E-state index in [4.69, 9.17) is 34.9 Å². The highest BCUT2D eigenvalue weighted by Crippen LogP contribution is 2.42. The van der Waals surface area contributed by atoms with Gasteiger partial charge in [0.2, 0.25) is 0 Å². The molecule has 0 fully saturated rings. The van der Waals surface area contributed by atoms with Gasteiger partial charge in [0.1, 0.15) is 46.5 Å². The second-order valence-corrected chi connectivity index (χ2v) is 13.6. The van der Waals surface area contributed by atoms with Gasteiger partial charge in [-0.15, -0.1) is 0 Å². The number of hydrogen-bond donors (Lipinski definition) is 0. The van der Waals surface area contributed by atoms with Crippen molar-refractivity contribution in [3.63, 3.8) is 0 Å². The van der Waals surface area contributed by atoms with Crippen molar-refractivity contribution < 1.29 is 0 Å². The van der Waals surface area contributed by atoms with Gasteiger partial charge in [0.25, 0.3) is 0 Å². The summed E-state index contributed by atoms with van der Waals surface area (Å²) in [6.45, 7) is 12.7. The first-order valence-electron chi connectivity index (χ1n) is 20.1. The monoisotopic (exact) mass is 754 g/mol. The van der Waals surface area contributed by atoms with Crippen LogP contribution in [0.4, 0.5) is 52.2 Å². The van der Waals surface area contributed by atoms with E-state index < -0.39 is 0 Å². The molecule has 0 spiro atoms. The smallest absolute Gasteiger partial charge is 0.144 e. The molecule has 10 nitrogen and oxygen atoms in total. The Labute approximate surface area is 336 Å². The van der Waals surface area contributed by atoms with E-state index in [0.717, 1.165) is 90.0 Å². The van der Waals surface area contributed by atoms with Crippen molar-refractivity contribution in [2.45, 2.75) is 80.1 Å². The van der Waals surface area contributed by atoms with Crippen molar-refractivity contribution >= 4 is 52.2 Å². The van der Waals surface area contributed by atoms with Gasteiger partial charge in [-0.25, -0.2) is 34.9 Å². The highest BCUT2D eigenvalue weighted by molar-refractivity contribution is 5.83. The Hall–Kier alpha value is -6.55. The summed E-state index contributed by atoms with van der Waals surface area (Å²) < 4.78 is 0. The molecule has 10 heteroatoms. The van der Waals surface area contributed by atoms with E-state index >= 15 is 0 Å². The first-order valence-corrected chi connectivity index (χ1v) is 20.1. The molecule has 0 aliphatic rings. The first kappa shape index (κ1) is 38.7. The molecule has 7 aromatic rings. The predicted molar refractivity (Wildman–Crippen MR) is 231 cm³/mol. The van der Waals surface area contributed by atoms with Gasteiger partial charge in [-0.2, -0.15) is 0 Å². The molecule has 0 saturated carbocycles. The highest BCUT2D eigenvalue weighted by atomic mass is 15.3. The number of pyridine rings is 7. The fraction of sp³-hybridized carbons (Fsp3) is 0.255. The molecule has 0 bridgehead atoms. The fourth-order valence-electron chi connectivity index (χ4n) is 6.66. The molecule has 0 unspecified atom stereocenters. The lowest BCUT2D eigenvalue weighted by molar-refractivity contribution is 0.964. The molecule has 7 rings (SSSR count). The van der Waals surface area contributed by atoms with Crippen molar-refractivity contribution in [3.05, 3.63) is 155 Å². The molecule has 7 heterocycles. The molecular formula is C47H50N10. The third-order valence-electron chi connectivity index (χ3n) is 9.80. The van der Waals surface area contributed by atoms with Crippen molar-refractivity contribution in [2.75, 3.05) is 14.7 Å².